The Morgan fingerprint density at radius 1 is 1.24 bits per heavy atom. The standard InChI is InChI=1S/C24H31Cl2N5O2S/c1-4-12-31-22(21(15(2)3)28-23(33)18-11-10-16(25)13-19(18)26)29-30-24(31)34-14-20(32)27-17-8-6-5-7-9-17/h4,10-11,13,15,17,21H,1,5-9,12,14H2,2-3H3,(H,27,32)(H,28,33)/t21-/m0/s1. The summed E-state index contributed by atoms with van der Waals surface area (Å²) in [5.41, 5.74) is 0.334. The van der Waals surface area contributed by atoms with Gasteiger partial charge in [-0.15, -0.1) is 16.8 Å². The topological polar surface area (TPSA) is 88.9 Å². The number of hydrogen-bond acceptors (Lipinski definition) is 5. The number of aromatic nitrogens is 3. The zero-order valence-electron chi connectivity index (χ0n) is 19.5. The summed E-state index contributed by atoms with van der Waals surface area (Å²) in [6.45, 7) is 8.28. The molecular formula is C24H31Cl2N5O2S. The summed E-state index contributed by atoms with van der Waals surface area (Å²) in [6, 6.07) is 4.61. The summed E-state index contributed by atoms with van der Waals surface area (Å²) < 4.78 is 1.89. The molecule has 1 aromatic carbocycles. The van der Waals surface area contributed by atoms with E-state index in [4.69, 9.17) is 23.2 Å². The third kappa shape index (κ3) is 6.99. The van der Waals surface area contributed by atoms with Crippen LogP contribution in [0.25, 0.3) is 0 Å². The van der Waals surface area contributed by atoms with Crippen molar-refractivity contribution in [1.82, 2.24) is 25.4 Å². The lowest BCUT2D eigenvalue weighted by Gasteiger charge is -2.23. The number of allylic oxidation sites excluding steroid dienone is 1. The molecule has 1 aliphatic rings. The second-order valence-corrected chi connectivity index (χ2v) is 10.5. The SMILES string of the molecule is C=CCn1c(SCC(=O)NC2CCCCC2)nnc1[C@@H](NC(=O)c1ccc(Cl)cc1Cl)C(C)C. The first-order valence-corrected chi connectivity index (χ1v) is 13.3. The lowest BCUT2D eigenvalue weighted by atomic mass is 9.95. The number of thioether (sulfide) groups is 1. The van der Waals surface area contributed by atoms with Crippen molar-refractivity contribution in [2.75, 3.05) is 5.75 Å². The molecule has 1 aromatic heterocycles. The monoisotopic (exact) mass is 523 g/mol. The van der Waals surface area contributed by atoms with E-state index in [1.54, 1.807) is 18.2 Å². The van der Waals surface area contributed by atoms with Gasteiger partial charge in [-0.25, -0.2) is 0 Å². The third-order valence-corrected chi connectivity index (χ3v) is 7.28. The second kappa shape index (κ2) is 12.6. The van der Waals surface area contributed by atoms with Gasteiger partial charge in [0.05, 0.1) is 22.4 Å². The summed E-state index contributed by atoms with van der Waals surface area (Å²) in [4.78, 5) is 25.4. The van der Waals surface area contributed by atoms with Crippen LogP contribution in [-0.2, 0) is 11.3 Å². The maximum Gasteiger partial charge on any atom is 0.253 e. The van der Waals surface area contributed by atoms with Crippen molar-refractivity contribution >= 4 is 46.8 Å². The van der Waals surface area contributed by atoms with Crippen molar-refractivity contribution in [3.63, 3.8) is 0 Å². The average Bonchev–Trinajstić information content (AvgIpc) is 3.18. The molecule has 184 valence electrons. The number of nitrogens with one attached hydrogen (secondary N) is 2. The molecule has 1 heterocycles. The molecule has 0 aliphatic heterocycles. The summed E-state index contributed by atoms with van der Waals surface area (Å²) in [5, 5.41) is 16.2. The van der Waals surface area contributed by atoms with Gasteiger partial charge in [-0.1, -0.05) is 74.1 Å². The number of amides is 2. The Bertz CT molecular complexity index is 1020. The maximum atomic E-state index is 13.0. The molecule has 1 aliphatic carbocycles. The van der Waals surface area contributed by atoms with E-state index >= 15 is 0 Å². The molecule has 0 radical (unpaired) electrons. The smallest absolute Gasteiger partial charge is 0.253 e. The Morgan fingerprint density at radius 3 is 2.62 bits per heavy atom. The molecule has 0 unspecified atom stereocenters. The minimum Gasteiger partial charge on any atom is -0.353 e. The lowest BCUT2D eigenvalue weighted by molar-refractivity contribution is -0.119. The predicted molar refractivity (Wildman–Crippen MR) is 137 cm³/mol. The molecule has 7 nitrogen and oxygen atoms in total. The number of nitrogens with zero attached hydrogens (tertiary/aromatic N) is 3. The van der Waals surface area contributed by atoms with E-state index in [0.29, 0.717) is 28.1 Å². The van der Waals surface area contributed by atoms with Crippen molar-refractivity contribution in [3.8, 4) is 0 Å². The second-order valence-electron chi connectivity index (χ2n) is 8.75. The van der Waals surface area contributed by atoms with Gasteiger partial charge in [0.1, 0.15) is 0 Å². The first-order chi connectivity index (χ1) is 16.3. The van der Waals surface area contributed by atoms with Crippen LogP contribution in [-0.4, -0.2) is 38.4 Å². The fraction of sp³-hybridized carbons (Fsp3) is 0.500. The van der Waals surface area contributed by atoms with Crippen molar-refractivity contribution in [3.05, 3.63) is 52.3 Å². The van der Waals surface area contributed by atoms with Crippen molar-refractivity contribution in [2.45, 2.75) is 69.7 Å². The van der Waals surface area contributed by atoms with Gasteiger partial charge in [-0.05, 0) is 37.0 Å². The van der Waals surface area contributed by atoms with Gasteiger partial charge < -0.3 is 15.2 Å². The quantitative estimate of drug-likeness (QED) is 0.319. The van der Waals surface area contributed by atoms with Gasteiger partial charge in [0, 0.05) is 17.6 Å². The number of carbonyl (C=O) groups excluding carboxylic acids is 2. The predicted octanol–water partition coefficient (Wildman–Crippen LogP) is 5.44. The van der Waals surface area contributed by atoms with Crippen LogP contribution >= 0.6 is 35.0 Å². The van der Waals surface area contributed by atoms with E-state index in [1.165, 1.54) is 37.1 Å². The van der Waals surface area contributed by atoms with Gasteiger partial charge in [0.15, 0.2) is 11.0 Å². The fourth-order valence-electron chi connectivity index (χ4n) is 4.01. The largest absolute Gasteiger partial charge is 0.353 e. The van der Waals surface area contributed by atoms with E-state index in [2.05, 4.69) is 27.4 Å². The highest BCUT2D eigenvalue weighted by molar-refractivity contribution is 7.99. The normalized spacial score (nSPS) is 15.2. The Hall–Kier alpha value is -2.03. The van der Waals surface area contributed by atoms with Crippen LogP contribution in [0.2, 0.25) is 10.0 Å². The average molecular weight is 525 g/mol. The fourth-order valence-corrected chi connectivity index (χ4v) is 5.27. The molecule has 1 fully saturated rings. The van der Waals surface area contributed by atoms with E-state index in [-0.39, 0.29) is 34.5 Å². The van der Waals surface area contributed by atoms with Gasteiger partial charge >= 0.3 is 0 Å². The van der Waals surface area contributed by atoms with Gasteiger partial charge in [-0.2, -0.15) is 0 Å². The maximum absolute atomic E-state index is 13.0. The summed E-state index contributed by atoms with van der Waals surface area (Å²) >= 11 is 13.5. The van der Waals surface area contributed by atoms with Crippen LogP contribution in [0.5, 0.6) is 0 Å². The third-order valence-electron chi connectivity index (χ3n) is 5.77. The molecule has 0 bridgehead atoms. The summed E-state index contributed by atoms with van der Waals surface area (Å²) in [5.74, 6) is 0.552. The minimum atomic E-state index is -0.419. The minimum absolute atomic E-state index is 0.00213. The molecule has 2 aromatic rings. The molecule has 0 spiro atoms. The van der Waals surface area contributed by atoms with Crippen LogP contribution in [0, 0.1) is 5.92 Å². The Morgan fingerprint density at radius 2 is 1.97 bits per heavy atom. The number of halogens is 2. The summed E-state index contributed by atoms with van der Waals surface area (Å²) in [7, 11) is 0. The molecule has 10 heteroatoms. The lowest BCUT2D eigenvalue weighted by Crippen LogP contribution is -2.37. The zero-order chi connectivity index (χ0) is 24.7. The van der Waals surface area contributed by atoms with Gasteiger partial charge in [-0.3, -0.25) is 9.59 Å². The number of carbonyl (C=O) groups is 2. The Labute approximate surface area is 215 Å². The Kier molecular flexibility index (Phi) is 9.85. The van der Waals surface area contributed by atoms with Crippen molar-refractivity contribution < 1.29 is 9.59 Å². The van der Waals surface area contributed by atoms with E-state index in [9.17, 15) is 9.59 Å². The first-order valence-electron chi connectivity index (χ1n) is 11.5. The molecule has 1 saturated carbocycles. The summed E-state index contributed by atoms with van der Waals surface area (Å²) in [6.07, 6.45) is 7.40. The van der Waals surface area contributed by atoms with Crippen LogP contribution in [0.1, 0.15) is 68.2 Å². The highest BCUT2D eigenvalue weighted by atomic mass is 35.5. The molecule has 2 amide bonds. The Balaban J connectivity index is 1.73. The molecule has 34 heavy (non-hydrogen) atoms. The van der Waals surface area contributed by atoms with Crippen molar-refractivity contribution in [1.29, 1.82) is 0 Å². The van der Waals surface area contributed by atoms with E-state index in [0.717, 1.165) is 12.8 Å². The molecule has 3 rings (SSSR count). The molecular weight excluding hydrogens is 493 g/mol. The number of rotatable bonds is 10. The van der Waals surface area contributed by atoms with E-state index < -0.39 is 6.04 Å². The van der Waals surface area contributed by atoms with Crippen LogP contribution in [0.4, 0.5) is 0 Å². The highest BCUT2D eigenvalue weighted by Crippen LogP contribution is 2.27. The highest BCUT2D eigenvalue weighted by Gasteiger charge is 2.27. The molecule has 1 atom stereocenters. The van der Waals surface area contributed by atoms with Crippen LogP contribution in [0.15, 0.2) is 36.0 Å². The number of benzene rings is 1. The van der Waals surface area contributed by atoms with Crippen LogP contribution < -0.4 is 10.6 Å². The number of hydrogen-bond donors (Lipinski definition) is 2. The molecule has 2 N–H and O–H groups in total. The van der Waals surface area contributed by atoms with Gasteiger partial charge in [0.25, 0.3) is 5.91 Å². The van der Waals surface area contributed by atoms with Crippen molar-refractivity contribution in [2.24, 2.45) is 5.92 Å². The van der Waals surface area contributed by atoms with E-state index in [1.807, 2.05) is 18.4 Å². The van der Waals surface area contributed by atoms with Crippen LogP contribution in [0.3, 0.4) is 0 Å². The molecule has 0 saturated heterocycles. The zero-order valence-corrected chi connectivity index (χ0v) is 21.8. The first kappa shape index (κ1) is 26.6. The van der Waals surface area contributed by atoms with Gasteiger partial charge in [0.2, 0.25) is 5.91 Å².